The molecule has 0 saturated carbocycles. The molecule has 0 aliphatic carbocycles. The fraction of sp³-hybridized carbons (Fsp3) is 0.904. The number of aliphatic hydroxyl groups excluding tert-OH is 2. The molecule has 0 aromatic heterocycles. The van der Waals surface area contributed by atoms with E-state index in [1.165, 1.54) is 385 Å². The minimum absolute atomic E-state index is 0.0223. The maximum Gasteiger partial charge on any atom is 0.305 e. The minimum Gasteiger partial charge on any atom is -0.466 e. The maximum atomic E-state index is 12.5. The number of nitrogens with one attached hydrogen (secondary N) is 1. The Morgan fingerprint density at radius 3 is 0.854 bits per heavy atom. The Kier molecular flexibility index (Phi) is 76.8. The molecular weight excluding hydrogens is 1090 g/mol. The van der Waals surface area contributed by atoms with Gasteiger partial charge in [0.25, 0.3) is 0 Å². The van der Waals surface area contributed by atoms with E-state index >= 15 is 0 Å². The molecule has 6 heteroatoms. The normalized spacial score (nSPS) is 12.6. The smallest absolute Gasteiger partial charge is 0.305 e. The predicted octanol–water partition coefficient (Wildman–Crippen LogP) is 27.0. The lowest BCUT2D eigenvalue weighted by atomic mass is 10.0. The van der Waals surface area contributed by atoms with Crippen molar-refractivity contribution in [1.82, 2.24) is 5.32 Å². The Hall–Kier alpha value is -1.92. The van der Waals surface area contributed by atoms with Crippen LogP contribution in [0.25, 0.3) is 0 Å². The van der Waals surface area contributed by atoms with Gasteiger partial charge in [0, 0.05) is 12.8 Å². The number of ether oxygens (including phenoxy) is 1. The second kappa shape index (κ2) is 78.5. The molecule has 0 aliphatic heterocycles. The van der Waals surface area contributed by atoms with Crippen molar-refractivity contribution < 1.29 is 24.5 Å². The van der Waals surface area contributed by atoms with Gasteiger partial charge in [-0.2, -0.15) is 0 Å². The fourth-order valence-electron chi connectivity index (χ4n) is 13.0. The summed E-state index contributed by atoms with van der Waals surface area (Å²) in [4.78, 5) is 24.6. The van der Waals surface area contributed by atoms with Gasteiger partial charge in [-0.05, 0) is 64.2 Å². The van der Waals surface area contributed by atoms with Gasteiger partial charge in [-0.1, -0.05) is 416 Å². The first-order chi connectivity index (χ1) is 44.0. The van der Waals surface area contributed by atoms with E-state index in [0.717, 1.165) is 44.9 Å². The van der Waals surface area contributed by atoms with Crippen LogP contribution in [0.15, 0.2) is 36.5 Å². The molecule has 3 N–H and O–H groups in total. The summed E-state index contributed by atoms with van der Waals surface area (Å²) in [5.74, 6) is -0.0386. The number of carbonyl (C=O) groups excluding carboxylic acids is 2. The highest BCUT2D eigenvalue weighted by molar-refractivity contribution is 5.76. The van der Waals surface area contributed by atoms with Gasteiger partial charge in [0.15, 0.2) is 0 Å². The summed E-state index contributed by atoms with van der Waals surface area (Å²) in [7, 11) is 0. The Bertz CT molecular complexity index is 1440. The Labute approximate surface area is 557 Å². The molecule has 2 unspecified atom stereocenters. The van der Waals surface area contributed by atoms with E-state index in [4.69, 9.17) is 4.74 Å². The molecule has 1 amide bonds. The molecular formula is C83H159NO5. The van der Waals surface area contributed by atoms with E-state index < -0.39 is 12.1 Å². The Balaban J connectivity index is 3.37. The molecule has 2 atom stereocenters. The summed E-state index contributed by atoms with van der Waals surface area (Å²) in [6.45, 7) is 4.96. The van der Waals surface area contributed by atoms with Gasteiger partial charge in [0.05, 0.1) is 25.4 Å². The largest absolute Gasteiger partial charge is 0.466 e. The number of allylic oxidation sites excluding steroid dienone is 5. The SMILES string of the molecule is CCCCCCCCCCCCCCCCCCCC/C=C/C(O)C(CO)NC(=O)CCCCCCCCCCCCCCCCCCC/C=C\C/C=C\CCCCCCCCCCCCCCCOC(=O)CCCCCCCCCCCCCCCCC. The predicted molar refractivity (Wildman–Crippen MR) is 393 cm³/mol. The van der Waals surface area contributed by atoms with Gasteiger partial charge in [-0.3, -0.25) is 9.59 Å². The van der Waals surface area contributed by atoms with Gasteiger partial charge in [-0.15, -0.1) is 0 Å². The van der Waals surface area contributed by atoms with Crippen LogP contribution in [0.3, 0.4) is 0 Å². The molecule has 526 valence electrons. The van der Waals surface area contributed by atoms with Crippen molar-refractivity contribution in [3.05, 3.63) is 36.5 Å². The number of esters is 1. The van der Waals surface area contributed by atoms with E-state index in [-0.39, 0.29) is 18.5 Å². The summed E-state index contributed by atoms with van der Waals surface area (Å²) in [5.41, 5.74) is 0. The van der Waals surface area contributed by atoms with Crippen molar-refractivity contribution in [3.63, 3.8) is 0 Å². The van der Waals surface area contributed by atoms with E-state index in [0.29, 0.717) is 19.4 Å². The van der Waals surface area contributed by atoms with Crippen LogP contribution in [0.4, 0.5) is 0 Å². The van der Waals surface area contributed by atoms with E-state index in [1.807, 2.05) is 6.08 Å². The summed E-state index contributed by atoms with van der Waals surface area (Å²) in [5, 5.41) is 23.3. The number of unbranched alkanes of at least 4 members (excludes halogenated alkanes) is 62. The van der Waals surface area contributed by atoms with Crippen LogP contribution < -0.4 is 5.32 Å². The van der Waals surface area contributed by atoms with Crippen LogP contribution in [0.2, 0.25) is 0 Å². The molecule has 0 heterocycles. The summed E-state index contributed by atoms with van der Waals surface area (Å²) in [6, 6.07) is -0.627. The van der Waals surface area contributed by atoms with Gasteiger partial charge >= 0.3 is 5.97 Å². The van der Waals surface area contributed by atoms with Crippen molar-refractivity contribution in [3.8, 4) is 0 Å². The first kappa shape index (κ1) is 87.1. The number of hydrogen-bond donors (Lipinski definition) is 3. The van der Waals surface area contributed by atoms with Crippen molar-refractivity contribution in [2.45, 2.75) is 469 Å². The second-order valence-electron chi connectivity index (χ2n) is 28.1. The zero-order valence-corrected chi connectivity index (χ0v) is 60.4. The average Bonchev–Trinajstić information content (AvgIpc) is 3.67. The molecule has 0 rings (SSSR count). The third-order valence-corrected chi connectivity index (χ3v) is 19.2. The first-order valence-electron chi connectivity index (χ1n) is 40.8. The van der Waals surface area contributed by atoms with Crippen molar-refractivity contribution >= 4 is 11.9 Å². The lowest BCUT2D eigenvalue weighted by Crippen LogP contribution is -2.45. The fourth-order valence-corrected chi connectivity index (χ4v) is 13.0. The molecule has 0 aliphatic rings. The zero-order chi connectivity index (χ0) is 64.2. The van der Waals surface area contributed by atoms with Crippen LogP contribution in [-0.4, -0.2) is 47.4 Å². The average molecular weight is 1250 g/mol. The van der Waals surface area contributed by atoms with Crippen molar-refractivity contribution in [2.75, 3.05) is 13.2 Å². The number of rotatable bonds is 77. The Morgan fingerprint density at radius 2 is 0.562 bits per heavy atom. The molecule has 0 radical (unpaired) electrons. The molecule has 0 bridgehead atoms. The quantitative estimate of drug-likeness (QED) is 0.0320. The van der Waals surface area contributed by atoms with E-state index in [2.05, 4.69) is 43.5 Å². The highest BCUT2D eigenvalue weighted by atomic mass is 16.5. The van der Waals surface area contributed by atoms with E-state index in [1.54, 1.807) is 6.08 Å². The molecule has 0 aromatic carbocycles. The van der Waals surface area contributed by atoms with Gasteiger partial charge in [0.2, 0.25) is 5.91 Å². The van der Waals surface area contributed by atoms with Gasteiger partial charge in [0.1, 0.15) is 0 Å². The van der Waals surface area contributed by atoms with Crippen LogP contribution in [0.1, 0.15) is 457 Å². The van der Waals surface area contributed by atoms with Crippen LogP contribution in [0, 0.1) is 0 Å². The van der Waals surface area contributed by atoms with Crippen molar-refractivity contribution in [1.29, 1.82) is 0 Å². The van der Waals surface area contributed by atoms with Gasteiger partial charge < -0.3 is 20.3 Å². The van der Waals surface area contributed by atoms with Gasteiger partial charge in [-0.25, -0.2) is 0 Å². The third kappa shape index (κ3) is 75.0. The molecule has 0 fully saturated rings. The highest BCUT2D eigenvalue weighted by Crippen LogP contribution is 2.20. The van der Waals surface area contributed by atoms with Crippen LogP contribution >= 0.6 is 0 Å². The summed E-state index contributed by atoms with van der Waals surface area (Å²) in [6.07, 6.45) is 103. The molecule has 0 aromatic rings. The minimum atomic E-state index is -0.844. The topological polar surface area (TPSA) is 95.9 Å². The molecule has 0 spiro atoms. The summed E-state index contributed by atoms with van der Waals surface area (Å²) < 4.78 is 5.51. The molecule has 89 heavy (non-hydrogen) atoms. The molecule has 6 nitrogen and oxygen atoms in total. The number of hydrogen-bond acceptors (Lipinski definition) is 5. The van der Waals surface area contributed by atoms with Crippen molar-refractivity contribution in [2.24, 2.45) is 0 Å². The maximum absolute atomic E-state index is 12.5. The lowest BCUT2D eigenvalue weighted by molar-refractivity contribution is -0.143. The first-order valence-corrected chi connectivity index (χ1v) is 40.8. The highest BCUT2D eigenvalue weighted by Gasteiger charge is 2.18. The van der Waals surface area contributed by atoms with Crippen LogP contribution in [0.5, 0.6) is 0 Å². The zero-order valence-electron chi connectivity index (χ0n) is 60.4. The summed E-state index contributed by atoms with van der Waals surface area (Å²) >= 11 is 0. The molecule has 0 saturated heterocycles. The second-order valence-corrected chi connectivity index (χ2v) is 28.1. The third-order valence-electron chi connectivity index (χ3n) is 19.2. The number of aliphatic hydroxyl groups is 2. The monoisotopic (exact) mass is 1250 g/mol. The number of carbonyl (C=O) groups is 2. The Morgan fingerprint density at radius 1 is 0.315 bits per heavy atom. The van der Waals surface area contributed by atoms with E-state index in [9.17, 15) is 19.8 Å². The standard InChI is InChI=1S/C83H159NO5/c1-3-5-7-9-11-13-15-17-19-20-21-41-44-48-51-55-59-63-67-71-75-81(86)80(79-85)84-82(87)76-72-68-64-60-56-52-49-45-42-39-37-35-33-31-29-27-25-23-22-24-26-28-30-32-34-36-38-40-43-46-50-54-58-62-66-70-74-78-89-83(88)77-73-69-65-61-57-53-47-18-16-14-12-10-8-6-4-2/h22,24,28,30,71,75,80-81,85-86H,3-21,23,25-27,29,31-70,72-74,76-79H2,1-2H3,(H,84,87)/b24-22-,30-28-,75-71+. The number of amides is 1. The lowest BCUT2D eigenvalue weighted by Gasteiger charge is -2.20. The van der Waals surface area contributed by atoms with Crippen LogP contribution in [-0.2, 0) is 14.3 Å².